The number of ether oxygens (including phenoxy) is 1. The first-order chi connectivity index (χ1) is 10.3. The molecule has 2 N–H and O–H groups in total. The fourth-order valence-electron chi connectivity index (χ4n) is 1.88. The molecule has 0 bridgehead atoms. The van der Waals surface area contributed by atoms with E-state index in [4.69, 9.17) is 10.5 Å². The number of benzene rings is 1. The molecule has 0 spiro atoms. The number of aromatic nitrogens is 5. The van der Waals surface area contributed by atoms with Crippen LogP contribution in [0.15, 0.2) is 48.8 Å². The predicted molar refractivity (Wildman–Crippen MR) is 77.4 cm³/mol. The molecule has 0 fully saturated rings. The van der Waals surface area contributed by atoms with Crippen molar-refractivity contribution in [2.24, 2.45) is 0 Å². The first-order valence-corrected chi connectivity index (χ1v) is 6.48. The lowest BCUT2D eigenvalue weighted by atomic mass is 10.2. The Balaban J connectivity index is 1.64. The number of tetrazole rings is 1. The number of rotatable bonds is 5. The fraction of sp³-hybridized carbons (Fsp3) is 0.143. The van der Waals surface area contributed by atoms with E-state index in [0.29, 0.717) is 24.7 Å². The number of nitrogen functional groups attached to an aromatic ring is 1. The van der Waals surface area contributed by atoms with Gasteiger partial charge in [0.25, 0.3) is 0 Å². The van der Waals surface area contributed by atoms with Gasteiger partial charge in [0, 0.05) is 23.6 Å². The van der Waals surface area contributed by atoms with Crippen molar-refractivity contribution in [3.8, 4) is 17.1 Å². The lowest BCUT2D eigenvalue weighted by molar-refractivity contribution is 0.290. The zero-order valence-electron chi connectivity index (χ0n) is 11.3. The zero-order valence-corrected chi connectivity index (χ0v) is 11.3. The Hall–Kier alpha value is -2.96. The van der Waals surface area contributed by atoms with Crippen molar-refractivity contribution < 1.29 is 4.74 Å². The summed E-state index contributed by atoms with van der Waals surface area (Å²) in [6.45, 7) is 1.02. The maximum Gasteiger partial charge on any atom is 0.182 e. The number of hydrogen-bond acceptors (Lipinski definition) is 6. The minimum atomic E-state index is 0.465. The average Bonchev–Trinajstić information content (AvgIpc) is 2.99. The maximum absolute atomic E-state index is 5.64. The standard InChI is InChI=1S/C14H14N6O/c15-12-1-3-13(4-2-12)21-10-9-20-14(17-18-19-20)11-5-7-16-8-6-11/h1-8H,9-10,15H2. The topological polar surface area (TPSA) is 91.7 Å². The van der Waals surface area contributed by atoms with Gasteiger partial charge in [-0.3, -0.25) is 4.98 Å². The molecule has 0 aliphatic carbocycles. The van der Waals surface area contributed by atoms with Gasteiger partial charge in [-0.1, -0.05) is 0 Å². The van der Waals surface area contributed by atoms with Gasteiger partial charge in [0.1, 0.15) is 12.4 Å². The summed E-state index contributed by atoms with van der Waals surface area (Å²) >= 11 is 0. The average molecular weight is 282 g/mol. The predicted octanol–water partition coefficient (Wildman–Crippen LogP) is 1.40. The Kier molecular flexibility index (Phi) is 3.72. The van der Waals surface area contributed by atoms with Gasteiger partial charge < -0.3 is 10.5 Å². The van der Waals surface area contributed by atoms with Gasteiger partial charge in [-0.05, 0) is 46.8 Å². The highest BCUT2D eigenvalue weighted by Crippen LogP contribution is 2.15. The van der Waals surface area contributed by atoms with Crippen molar-refractivity contribution in [2.75, 3.05) is 12.3 Å². The van der Waals surface area contributed by atoms with E-state index in [2.05, 4.69) is 20.5 Å². The highest BCUT2D eigenvalue weighted by Gasteiger charge is 2.08. The van der Waals surface area contributed by atoms with Gasteiger partial charge in [0.2, 0.25) is 0 Å². The van der Waals surface area contributed by atoms with Gasteiger partial charge in [0.05, 0.1) is 6.54 Å². The van der Waals surface area contributed by atoms with Crippen LogP contribution in [-0.4, -0.2) is 31.8 Å². The van der Waals surface area contributed by atoms with Gasteiger partial charge in [0.15, 0.2) is 5.82 Å². The molecule has 0 atom stereocenters. The highest BCUT2D eigenvalue weighted by atomic mass is 16.5. The molecule has 106 valence electrons. The smallest absolute Gasteiger partial charge is 0.182 e. The molecule has 3 rings (SSSR count). The van der Waals surface area contributed by atoms with Crippen LogP contribution >= 0.6 is 0 Å². The first-order valence-electron chi connectivity index (χ1n) is 6.48. The summed E-state index contributed by atoms with van der Waals surface area (Å²) in [4.78, 5) is 3.98. The minimum Gasteiger partial charge on any atom is -0.492 e. The fourth-order valence-corrected chi connectivity index (χ4v) is 1.88. The molecule has 0 saturated heterocycles. The van der Waals surface area contributed by atoms with Crippen molar-refractivity contribution in [1.82, 2.24) is 25.2 Å². The van der Waals surface area contributed by atoms with E-state index in [1.54, 1.807) is 29.2 Å². The summed E-state index contributed by atoms with van der Waals surface area (Å²) in [5, 5.41) is 11.7. The Morgan fingerprint density at radius 3 is 2.57 bits per heavy atom. The second-order valence-electron chi connectivity index (χ2n) is 4.38. The molecule has 0 radical (unpaired) electrons. The first kappa shape index (κ1) is 13.0. The molecule has 21 heavy (non-hydrogen) atoms. The summed E-state index contributed by atoms with van der Waals surface area (Å²) < 4.78 is 7.34. The van der Waals surface area contributed by atoms with Gasteiger partial charge >= 0.3 is 0 Å². The molecular weight excluding hydrogens is 268 g/mol. The lowest BCUT2D eigenvalue weighted by Crippen LogP contribution is -2.11. The minimum absolute atomic E-state index is 0.465. The van der Waals surface area contributed by atoms with Gasteiger partial charge in [-0.2, -0.15) is 0 Å². The molecule has 1 aromatic carbocycles. The zero-order chi connectivity index (χ0) is 14.5. The molecule has 0 aliphatic rings. The Morgan fingerprint density at radius 1 is 1.05 bits per heavy atom. The van der Waals surface area contributed by atoms with Crippen molar-refractivity contribution in [1.29, 1.82) is 0 Å². The maximum atomic E-state index is 5.64. The monoisotopic (exact) mass is 282 g/mol. The van der Waals surface area contributed by atoms with Crippen molar-refractivity contribution in [3.05, 3.63) is 48.8 Å². The quantitative estimate of drug-likeness (QED) is 0.711. The van der Waals surface area contributed by atoms with Crippen LogP contribution in [0, 0.1) is 0 Å². The van der Waals surface area contributed by atoms with Crippen LogP contribution in [0.5, 0.6) is 5.75 Å². The molecule has 0 aliphatic heterocycles. The number of anilines is 1. The van der Waals surface area contributed by atoms with Crippen LogP contribution in [0.25, 0.3) is 11.4 Å². The summed E-state index contributed by atoms with van der Waals surface area (Å²) in [5.74, 6) is 1.46. The molecule has 7 heteroatoms. The molecule has 0 unspecified atom stereocenters. The molecule has 0 amide bonds. The normalized spacial score (nSPS) is 10.5. The lowest BCUT2D eigenvalue weighted by Gasteiger charge is -2.07. The molecular formula is C14H14N6O. The van der Waals surface area contributed by atoms with Crippen molar-refractivity contribution in [2.45, 2.75) is 6.54 Å². The number of nitrogens with two attached hydrogens (primary N) is 1. The Bertz CT molecular complexity index is 695. The molecule has 3 aromatic rings. The van der Waals surface area contributed by atoms with Crippen LogP contribution in [0.3, 0.4) is 0 Å². The van der Waals surface area contributed by atoms with E-state index in [1.165, 1.54) is 0 Å². The molecule has 2 aromatic heterocycles. The van der Waals surface area contributed by atoms with E-state index in [9.17, 15) is 0 Å². The van der Waals surface area contributed by atoms with E-state index < -0.39 is 0 Å². The van der Waals surface area contributed by atoms with Crippen LogP contribution in [0.1, 0.15) is 0 Å². The summed E-state index contributed by atoms with van der Waals surface area (Å²) in [6, 6.07) is 11.0. The van der Waals surface area contributed by atoms with E-state index >= 15 is 0 Å². The van der Waals surface area contributed by atoms with Crippen molar-refractivity contribution in [3.63, 3.8) is 0 Å². The van der Waals surface area contributed by atoms with Crippen LogP contribution < -0.4 is 10.5 Å². The van der Waals surface area contributed by atoms with Gasteiger partial charge in [-0.25, -0.2) is 4.68 Å². The van der Waals surface area contributed by atoms with Gasteiger partial charge in [-0.15, -0.1) is 5.10 Å². The third kappa shape index (κ3) is 3.14. The summed E-state index contributed by atoms with van der Waals surface area (Å²) in [7, 11) is 0. The second kappa shape index (κ2) is 6.00. The molecule has 7 nitrogen and oxygen atoms in total. The number of pyridine rings is 1. The third-order valence-corrected chi connectivity index (χ3v) is 2.92. The largest absolute Gasteiger partial charge is 0.492 e. The van der Waals surface area contributed by atoms with E-state index in [0.717, 1.165) is 11.3 Å². The second-order valence-corrected chi connectivity index (χ2v) is 4.38. The van der Waals surface area contributed by atoms with Crippen LogP contribution in [0.2, 0.25) is 0 Å². The van der Waals surface area contributed by atoms with Crippen molar-refractivity contribution >= 4 is 5.69 Å². The Morgan fingerprint density at radius 2 is 1.81 bits per heavy atom. The molecule has 2 heterocycles. The summed E-state index contributed by atoms with van der Waals surface area (Å²) in [5.41, 5.74) is 7.26. The number of hydrogen-bond donors (Lipinski definition) is 1. The SMILES string of the molecule is Nc1ccc(OCCn2nnnc2-c2ccncc2)cc1. The van der Waals surface area contributed by atoms with Crippen LogP contribution in [0.4, 0.5) is 5.69 Å². The summed E-state index contributed by atoms with van der Waals surface area (Å²) in [6.07, 6.45) is 3.42. The number of nitrogens with zero attached hydrogens (tertiary/aromatic N) is 5. The molecule has 0 saturated carbocycles. The Labute approximate surface area is 121 Å². The van der Waals surface area contributed by atoms with E-state index in [1.807, 2.05) is 24.3 Å². The van der Waals surface area contributed by atoms with Crippen LogP contribution in [-0.2, 0) is 6.54 Å². The van der Waals surface area contributed by atoms with E-state index in [-0.39, 0.29) is 0 Å². The third-order valence-electron chi connectivity index (χ3n) is 2.92. The highest BCUT2D eigenvalue weighted by molar-refractivity contribution is 5.52.